The Hall–Kier alpha value is -1.45. The number of benzene rings is 1. The van der Waals surface area contributed by atoms with Crippen molar-refractivity contribution in [3.05, 3.63) is 28.2 Å². The van der Waals surface area contributed by atoms with Gasteiger partial charge in [-0.1, -0.05) is 15.9 Å². The lowest BCUT2D eigenvalue weighted by Gasteiger charge is -2.15. The fourth-order valence-corrected chi connectivity index (χ4v) is 1.70. The summed E-state index contributed by atoms with van der Waals surface area (Å²) in [5.41, 5.74) is -1.42. The van der Waals surface area contributed by atoms with Crippen molar-refractivity contribution >= 4 is 27.5 Å². The van der Waals surface area contributed by atoms with Crippen LogP contribution in [0.3, 0.4) is 0 Å². The monoisotopic (exact) mass is 378 g/mol. The van der Waals surface area contributed by atoms with Gasteiger partial charge in [0, 0.05) is 10.2 Å². The zero-order valence-electron chi connectivity index (χ0n) is 10.2. The standard InChI is InChI=1S/C11H9BrF6N2O/c12-6-1-2-8(7(3-6)11(16,17)18)19-4-9(21)20-5-10(13,14)15/h1-3,19H,4-5H2,(H,20,21). The fourth-order valence-electron chi connectivity index (χ4n) is 1.34. The van der Waals surface area contributed by atoms with E-state index in [0.29, 0.717) is 0 Å². The van der Waals surface area contributed by atoms with E-state index >= 15 is 0 Å². The first kappa shape index (κ1) is 17.6. The molecule has 118 valence electrons. The van der Waals surface area contributed by atoms with Crippen LogP contribution < -0.4 is 10.6 Å². The second-order valence-corrected chi connectivity index (χ2v) is 4.85. The minimum absolute atomic E-state index is 0.182. The molecule has 21 heavy (non-hydrogen) atoms. The number of hydrogen-bond acceptors (Lipinski definition) is 2. The van der Waals surface area contributed by atoms with Crippen molar-refractivity contribution in [3.63, 3.8) is 0 Å². The van der Waals surface area contributed by atoms with Crippen LogP contribution in [-0.2, 0) is 11.0 Å². The van der Waals surface area contributed by atoms with Crippen molar-refractivity contribution in [1.82, 2.24) is 5.32 Å². The summed E-state index contributed by atoms with van der Waals surface area (Å²) in [7, 11) is 0. The van der Waals surface area contributed by atoms with Gasteiger partial charge in [-0.05, 0) is 18.2 Å². The average Bonchev–Trinajstić information content (AvgIpc) is 2.32. The maximum absolute atomic E-state index is 12.7. The summed E-state index contributed by atoms with van der Waals surface area (Å²) in [4.78, 5) is 11.1. The van der Waals surface area contributed by atoms with Gasteiger partial charge in [0.1, 0.15) is 6.54 Å². The number of anilines is 1. The third-order valence-electron chi connectivity index (χ3n) is 2.21. The summed E-state index contributed by atoms with van der Waals surface area (Å²) < 4.78 is 74.0. The van der Waals surface area contributed by atoms with Crippen molar-refractivity contribution in [2.75, 3.05) is 18.4 Å². The van der Waals surface area contributed by atoms with Crippen LogP contribution in [0.1, 0.15) is 5.56 Å². The second kappa shape index (κ2) is 6.54. The van der Waals surface area contributed by atoms with Crippen LogP contribution in [0, 0.1) is 0 Å². The molecule has 10 heteroatoms. The lowest BCUT2D eigenvalue weighted by molar-refractivity contribution is -0.137. The van der Waals surface area contributed by atoms with E-state index in [1.807, 2.05) is 0 Å². The van der Waals surface area contributed by atoms with Crippen molar-refractivity contribution in [3.8, 4) is 0 Å². The quantitative estimate of drug-likeness (QED) is 0.786. The second-order valence-electron chi connectivity index (χ2n) is 3.93. The van der Waals surface area contributed by atoms with Gasteiger partial charge in [-0.25, -0.2) is 0 Å². The number of alkyl halides is 6. The molecule has 0 saturated heterocycles. The third kappa shape index (κ3) is 6.23. The summed E-state index contributed by atoms with van der Waals surface area (Å²) in [6.45, 7) is -2.25. The zero-order valence-corrected chi connectivity index (χ0v) is 11.8. The van der Waals surface area contributed by atoms with E-state index in [9.17, 15) is 31.1 Å². The molecule has 0 aliphatic carbocycles. The van der Waals surface area contributed by atoms with Crippen molar-refractivity contribution in [2.45, 2.75) is 12.4 Å². The number of carbonyl (C=O) groups excluding carboxylic acids is 1. The molecule has 0 spiro atoms. The Balaban J connectivity index is 2.70. The third-order valence-corrected chi connectivity index (χ3v) is 2.71. The highest BCUT2D eigenvalue weighted by atomic mass is 79.9. The van der Waals surface area contributed by atoms with Gasteiger partial charge in [0.25, 0.3) is 0 Å². The van der Waals surface area contributed by atoms with Crippen LogP contribution in [0.5, 0.6) is 0 Å². The van der Waals surface area contributed by atoms with Crippen LogP contribution in [0.15, 0.2) is 22.7 Å². The minimum Gasteiger partial charge on any atom is -0.376 e. The minimum atomic E-state index is -4.66. The summed E-state index contributed by atoms with van der Waals surface area (Å²) in [5, 5.41) is 3.71. The molecular formula is C11H9BrF6N2O. The maximum Gasteiger partial charge on any atom is 0.418 e. The first-order chi connectivity index (χ1) is 9.49. The van der Waals surface area contributed by atoms with Gasteiger partial charge in [-0.15, -0.1) is 0 Å². The normalized spacial score (nSPS) is 12.1. The number of halogens is 7. The Morgan fingerprint density at radius 2 is 1.76 bits per heavy atom. The first-order valence-electron chi connectivity index (χ1n) is 5.43. The number of hydrogen-bond donors (Lipinski definition) is 2. The number of nitrogens with one attached hydrogen (secondary N) is 2. The van der Waals surface area contributed by atoms with Crippen LogP contribution in [0.2, 0.25) is 0 Å². The van der Waals surface area contributed by atoms with Crippen LogP contribution in [0.4, 0.5) is 32.0 Å². The molecule has 0 bridgehead atoms. The zero-order chi connectivity index (χ0) is 16.3. The molecule has 1 aromatic carbocycles. The van der Waals surface area contributed by atoms with E-state index in [0.717, 1.165) is 12.1 Å². The van der Waals surface area contributed by atoms with Crippen molar-refractivity contribution in [2.24, 2.45) is 0 Å². The summed E-state index contributed by atoms with van der Waals surface area (Å²) in [6, 6.07) is 3.19. The predicted octanol–water partition coefficient (Wildman–Crippen LogP) is 3.56. The predicted molar refractivity (Wildman–Crippen MR) is 66.7 cm³/mol. The number of rotatable bonds is 4. The molecule has 0 unspecified atom stereocenters. The topological polar surface area (TPSA) is 41.1 Å². The molecule has 0 aliphatic heterocycles. The average molecular weight is 379 g/mol. The molecule has 0 saturated carbocycles. The van der Waals surface area contributed by atoms with E-state index in [4.69, 9.17) is 0 Å². The maximum atomic E-state index is 12.7. The Morgan fingerprint density at radius 1 is 1.14 bits per heavy atom. The molecule has 1 rings (SSSR count). The molecule has 3 nitrogen and oxygen atoms in total. The van der Waals surface area contributed by atoms with E-state index in [1.165, 1.54) is 6.07 Å². The molecule has 2 N–H and O–H groups in total. The van der Waals surface area contributed by atoms with Gasteiger partial charge in [0.05, 0.1) is 12.1 Å². The van der Waals surface area contributed by atoms with Crippen LogP contribution in [0.25, 0.3) is 0 Å². The van der Waals surface area contributed by atoms with Gasteiger partial charge < -0.3 is 10.6 Å². The molecule has 1 amide bonds. The van der Waals surface area contributed by atoms with Gasteiger partial charge in [0.15, 0.2) is 0 Å². The van der Waals surface area contributed by atoms with Crippen LogP contribution >= 0.6 is 15.9 Å². The van der Waals surface area contributed by atoms with E-state index in [2.05, 4.69) is 21.2 Å². The lowest BCUT2D eigenvalue weighted by atomic mass is 10.1. The smallest absolute Gasteiger partial charge is 0.376 e. The van der Waals surface area contributed by atoms with E-state index in [-0.39, 0.29) is 4.47 Å². The van der Waals surface area contributed by atoms with Gasteiger partial charge >= 0.3 is 12.4 Å². The Morgan fingerprint density at radius 3 is 2.29 bits per heavy atom. The molecular weight excluding hydrogens is 370 g/mol. The van der Waals surface area contributed by atoms with Gasteiger partial charge in [-0.3, -0.25) is 4.79 Å². The van der Waals surface area contributed by atoms with Crippen LogP contribution in [-0.4, -0.2) is 25.2 Å². The molecule has 1 aromatic rings. The lowest BCUT2D eigenvalue weighted by Crippen LogP contribution is -2.37. The summed E-state index contributed by atoms with van der Waals surface area (Å²) >= 11 is 2.88. The van der Waals surface area contributed by atoms with Gasteiger partial charge in [0.2, 0.25) is 5.91 Å². The SMILES string of the molecule is O=C(CNc1ccc(Br)cc1C(F)(F)F)NCC(F)(F)F. The Labute approximate surface area is 123 Å². The molecule has 0 aromatic heterocycles. The largest absolute Gasteiger partial charge is 0.418 e. The highest BCUT2D eigenvalue weighted by molar-refractivity contribution is 9.10. The summed E-state index contributed by atoms with van der Waals surface area (Å²) in [5.74, 6) is -1.07. The highest BCUT2D eigenvalue weighted by Gasteiger charge is 2.34. The number of amides is 1. The molecule has 0 atom stereocenters. The fraction of sp³-hybridized carbons (Fsp3) is 0.364. The van der Waals surface area contributed by atoms with Gasteiger partial charge in [-0.2, -0.15) is 26.3 Å². The number of carbonyl (C=O) groups is 1. The van der Waals surface area contributed by atoms with E-state index in [1.54, 1.807) is 5.32 Å². The van der Waals surface area contributed by atoms with E-state index < -0.39 is 42.6 Å². The first-order valence-corrected chi connectivity index (χ1v) is 6.22. The molecule has 0 radical (unpaired) electrons. The molecule has 0 heterocycles. The van der Waals surface area contributed by atoms with Crippen molar-refractivity contribution < 1.29 is 31.1 Å². The van der Waals surface area contributed by atoms with Crippen molar-refractivity contribution in [1.29, 1.82) is 0 Å². The summed E-state index contributed by atoms with van der Waals surface area (Å²) in [6.07, 6.45) is -9.24. The highest BCUT2D eigenvalue weighted by Crippen LogP contribution is 2.36. The Kier molecular flexibility index (Phi) is 5.48. The molecule has 0 fully saturated rings. The molecule has 0 aliphatic rings. The Bertz CT molecular complexity index is 514.